The fourth-order valence-corrected chi connectivity index (χ4v) is 3.10. The Morgan fingerprint density at radius 3 is 2.24 bits per heavy atom. The van der Waals surface area contributed by atoms with E-state index in [4.69, 9.17) is 11.6 Å². The Labute approximate surface area is 202 Å². The molecule has 1 aromatic heterocycles. The van der Waals surface area contributed by atoms with Crippen molar-refractivity contribution in [2.45, 2.75) is 27.7 Å². The van der Waals surface area contributed by atoms with Crippen molar-refractivity contribution in [1.82, 2.24) is 15.0 Å². The molecule has 0 spiro atoms. The zero-order valence-corrected chi connectivity index (χ0v) is 20.5. The number of hydrogen-bond donors (Lipinski definition) is 0. The van der Waals surface area contributed by atoms with Crippen LogP contribution >= 0.6 is 11.6 Å². The third-order valence-corrected chi connectivity index (χ3v) is 4.86. The minimum atomic E-state index is 0.129. The summed E-state index contributed by atoms with van der Waals surface area (Å²) in [6.45, 7) is 16.0. The first-order valence-corrected chi connectivity index (χ1v) is 11.3. The second-order valence-electron chi connectivity index (χ2n) is 6.90. The number of rotatable bonds is 7. The summed E-state index contributed by atoms with van der Waals surface area (Å²) in [5, 5.41) is 0.129. The Morgan fingerprint density at radius 1 is 0.909 bits per heavy atom. The van der Waals surface area contributed by atoms with E-state index in [1.807, 2.05) is 88.4 Å². The van der Waals surface area contributed by atoms with E-state index in [1.54, 1.807) is 6.08 Å². The second-order valence-corrected chi connectivity index (χ2v) is 7.24. The molecule has 4 heteroatoms. The largest absolute Gasteiger partial charge is 0.226 e. The van der Waals surface area contributed by atoms with Crippen LogP contribution in [0, 0.1) is 0 Å². The van der Waals surface area contributed by atoms with E-state index in [2.05, 4.69) is 46.3 Å². The molecule has 0 atom stereocenters. The lowest BCUT2D eigenvalue weighted by molar-refractivity contribution is 1.03. The molecule has 0 bridgehead atoms. The third-order valence-electron chi connectivity index (χ3n) is 4.69. The maximum atomic E-state index is 6.26. The predicted octanol–water partition coefficient (Wildman–Crippen LogP) is 8.53. The van der Waals surface area contributed by atoms with Gasteiger partial charge in [0.25, 0.3) is 0 Å². The highest BCUT2D eigenvalue weighted by molar-refractivity contribution is 6.28. The standard InChI is InChI=1S/C27H24ClN3.C2H6/c1-5-7-12-19(3)20(4)17-21(6-2)25-29-26(31-27(28)30-25)24-16-11-15-23(18-24)22-13-9-8-10-14-22;1-2/h5-18H,2,4H2,1,3H3;1-2H3/b7-5-,19-12+,21-17+;. The Hall–Kier alpha value is -3.56. The van der Waals surface area contributed by atoms with E-state index in [0.29, 0.717) is 11.6 Å². The lowest BCUT2D eigenvalue weighted by Crippen LogP contribution is -2.00. The van der Waals surface area contributed by atoms with Crippen molar-refractivity contribution >= 4 is 17.2 Å². The minimum absolute atomic E-state index is 0.129. The highest BCUT2D eigenvalue weighted by Crippen LogP contribution is 2.26. The van der Waals surface area contributed by atoms with Gasteiger partial charge in [0.05, 0.1) is 0 Å². The summed E-state index contributed by atoms with van der Waals surface area (Å²) in [6, 6.07) is 18.2. The van der Waals surface area contributed by atoms with Crippen molar-refractivity contribution in [3.63, 3.8) is 0 Å². The molecule has 0 fully saturated rings. The quantitative estimate of drug-likeness (QED) is 0.335. The number of allylic oxidation sites excluding steroid dienone is 8. The first kappa shape index (κ1) is 25.7. The van der Waals surface area contributed by atoms with Crippen LogP contribution in [0.4, 0.5) is 0 Å². The molecule has 3 rings (SSSR count). The van der Waals surface area contributed by atoms with Crippen molar-refractivity contribution in [2.75, 3.05) is 0 Å². The van der Waals surface area contributed by atoms with Crippen LogP contribution in [0.25, 0.3) is 28.1 Å². The van der Waals surface area contributed by atoms with E-state index in [1.165, 1.54) is 0 Å². The lowest BCUT2D eigenvalue weighted by Gasteiger charge is -2.08. The van der Waals surface area contributed by atoms with Gasteiger partial charge in [0, 0.05) is 11.1 Å². The molecule has 0 saturated heterocycles. The van der Waals surface area contributed by atoms with Gasteiger partial charge in [0.2, 0.25) is 5.28 Å². The van der Waals surface area contributed by atoms with Gasteiger partial charge in [-0.15, -0.1) is 0 Å². The summed E-state index contributed by atoms with van der Waals surface area (Å²) in [7, 11) is 0. The van der Waals surface area contributed by atoms with Gasteiger partial charge < -0.3 is 0 Å². The van der Waals surface area contributed by atoms with Gasteiger partial charge in [-0.25, -0.2) is 4.98 Å². The smallest absolute Gasteiger partial charge is 0.208 e. The Morgan fingerprint density at radius 2 is 1.58 bits per heavy atom. The number of halogens is 1. The third kappa shape index (κ3) is 7.23. The van der Waals surface area contributed by atoms with Crippen LogP contribution in [-0.2, 0) is 0 Å². The average Bonchev–Trinajstić information content (AvgIpc) is 2.87. The molecule has 3 aromatic rings. The Kier molecular flexibility index (Phi) is 10.2. The summed E-state index contributed by atoms with van der Waals surface area (Å²) in [5.41, 5.74) is 5.66. The minimum Gasteiger partial charge on any atom is -0.208 e. The summed E-state index contributed by atoms with van der Waals surface area (Å²) in [5.74, 6) is 0.961. The molecule has 33 heavy (non-hydrogen) atoms. The van der Waals surface area contributed by atoms with Gasteiger partial charge in [-0.05, 0) is 59.9 Å². The molecule has 1 heterocycles. The van der Waals surface area contributed by atoms with E-state index in [-0.39, 0.29) is 5.28 Å². The molecule has 2 aromatic carbocycles. The monoisotopic (exact) mass is 455 g/mol. The first-order chi connectivity index (χ1) is 16.0. The maximum absolute atomic E-state index is 6.26. The van der Waals surface area contributed by atoms with Crippen molar-refractivity contribution in [2.24, 2.45) is 0 Å². The van der Waals surface area contributed by atoms with Crippen LogP contribution in [0.5, 0.6) is 0 Å². The molecule has 0 radical (unpaired) electrons. The lowest BCUT2D eigenvalue weighted by atomic mass is 10.0. The molecule has 168 valence electrons. The number of hydrogen-bond acceptors (Lipinski definition) is 3. The maximum Gasteiger partial charge on any atom is 0.226 e. The van der Waals surface area contributed by atoms with Crippen molar-refractivity contribution < 1.29 is 0 Å². The van der Waals surface area contributed by atoms with Gasteiger partial charge in [0.15, 0.2) is 11.6 Å². The zero-order chi connectivity index (χ0) is 24.2. The predicted molar refractivity (Wildman–Crippen MR) is 143 cm³/mol. The van der Waals surface area contributed by atoms with E-state index in [0.717, 1.165) is 33.4 Å². The number of benzene rings is 2. The Balaban J connectivity index is 0.00000187. The number of aromatic nitrogens is 3. The van der Waals surface area contributed by atoms with Crippen molar-refractivity contribution in [3.05, 3.63) is 120 Å². The van der Waals surface area contributed by atoms with E-state index >= 15 is 0 Å². The normalized spacial score (nSPS) is 11.7. The van der Waals surface area contributed by atoms with Gasteiger partial charge in [-0.3, -0.25) is 0 Å². The summed E-state index contributed by atoms with van der Waals surface area (Å²) in [6.07, 6.45) is 9.54. The zero-order valence-electron chi connectivity index (χ0n) is 19.7. The topological polar surface area (TPSA) is 38.7 Å². The highest BCUT2D eigenvalue weighted by Gasteiger charge is 2.11. The summed E-state index contributed by atoms with van der Waals surface area (Å²) in [4.78, 5) is 13.3. The van der Waals surface area contributed by atoms with Crippen LogP contribution < -0.4 is 0 Å². The molecule has 0 saturated carbocycles. The van der Waals surface area contributed by atoms with Gasteiger partial charge in [0.1, 0.15) is 0 Å². The molecule has 0 amide bonds. The molecular weight excluding hydrogens is 426 g/mol. The van der Waals surface area contributed by atoms with Gasteiger partial charge >= 0.3 is 0 Å². The number of nitrogens with zero attached hydrogens (tertiary/aromatic N) is 3. The average molecular weight is 456 g/mol. The van der Waals surface area contributed by atoms with Crippen molar-refractivity contribution in [3.8, 4) is 22.5 Å². The van der Waals surface area contributed by atoms with E-state index < -0.39 is 0 Å². The second kappa shape index (κ2) is 13.1. The Bertz CT molecular complexity index is 1190. The fourth-order valence-electron chi connectivity index (χ4n) is 2.94. The highest BCUT2D eigenvalue weighted by atomic mass is 35.5. The van der Waals surface area contributed by atoms with Crippen LogP contribution in [-0.4, -0.2) is 15.0 Å². The van der Waals surface area contributed by atoms with Crippen LogP contribution in [0.15, 0.2) is 109 Å². The summed E-state index contributed by atoms with van der Waals surface area (Å²) < 4.78 is 0. The molecule has 0 aliphatic heterocycles. The van der Waals surface area contributed by atoms with Crippen LogP contribution in [0.2, 0.25) is 5.28 Å². The fraction of sp³-hybridized carbons (Fsp3) is 0.138. The summed E-state index contributed by atoms with van der Waals surface area (Å²) >= 11 is 6.26. The SMILES string of the molecule is C=C/C(=C\C(=C)/C(C)=C/C=C\C)c1nc(Cl)nc(-c2cccc(-c3ccccc3)c2)n1.CC. The van der Waals surface area contributed by atoms with E-state index in [9.17, 15) is 0 Å². The van der Waals surface area contributed by atoms with Gasteiger partial charge in [-0.1, -0.05) is 99.8 Å². The molecule has 0 aliphatic rings. The molecule has 0 N–H and O–H groups in total. The van der Waals surface area contributed by atoms with Crippen molar-refractivity contribution in [1.29, 1.82) is 0 Å². The molecule has 0 unspecified atom stereocenters. The molecule has 3 nitrogen and oxygen atoms in total. The molecular formula is C29H30ClN3. The van der Waals surface area contributed by atoms with Gasteiger partial charge in [-0.2, -0.15) is 9.97 Å². The molecule has 0 aliphatic carbocycles. The first-order valence-electron chi connectivity index (χ1n) is 10.9. The van der Waals surface area contributed by atoms with Crippen LogP contribution in [0.1, 0.15) is 33.5 Å². The van der Waals surface area contributed by atoms with Crippen LogP contribution in [0.3, 0.4) is 0 Å².